The van der Waals surface area contributed by atoms with E-state index in [2.05, 4.69) is 32.6 Å². The molecular formula is C28H26F7N5O4S. The number of anilines is 2. The van der Waals surface area contributed by atoms with Crippen LogP contribution in [0.4, 0.5) is 42.1 Å². The summed E-state index contributed by atoms with van der Waals surface area (Å²) in [6, 6.07) is 7.97. The van der Waals surface area contributed by atoms with Crippen LogP contribution in [0.5, 0.6) is 5.75 Å². The van der Waals surface area contributed by atoms with Crippen molar-refractivity contribution in [1.82, 2.24) is 14.8 Å². The van der Waals surface area contributed by atoms with E-state index < -0.39 is 35.8 Å². The fourth-order valence-electron chi connectivity index (χ4n) is 4.43. The number of hydrogen-bond donors (Lipinski definition) is 3. The van der Waals surface area contributed by atoms with Crippen molar-refractivity contribution >= 4 is 40.5 Å². The molecule has 3 N–H and O–H groups in total. The Morgan fingerprint density at radius 1 is 1.16 bits per heavy atom. The number of thioether (sulfide) groups is 1. The second kappa shape index (κ2) is 13.8. The van der Waals surface area contributed by atoms with Gasteiger partial charge >= 0.3 is 17.7 Å². The van der Waals surface area contributed by atoms with E-state index in [4.69, 9.17) is 4.74 Å². The van der Waals surface area contributed by atoms with Crippen molar-refractivity contribution < 1.29 is 49.9 Å². The zero-order valence-corrected chi connectivity index (χ0v) is 24.4. The van der Waals surface area contributed by atoms with Crippen molar-refractivity contribution in [2.75, 3.05) is 44.4 Å². The first-order chi connectivity index (χ1) is 21.2. The number of benzene rings is 1. The van der Waals surface area contributed by atoms with E-state index in [1.54, 1.807) is 6.07 Å². The highest BCUT2D eigenvalue weighted by Crippen LogP contribution is 2.41. The predicted octanol–water partition coefficient (Wildman–Crippen LogP) is 5.23. The van der Waals surface area contributed by atoms with Gasteiger partial charge in [-0.05, 0) is 43.3 Å². The summed E-state index contributed by atoms with van der Waals surface area (Å²) in [7, 11) is 2.15. The number of amides is 1. The van der Waals surface area contributed by atoms with Crippen molar-refractivity contribution in [1.29, 1.82) is 0 Å². The van der Waals surface area contributed by atoms with E-state index >= 15 is 0 Å². The minimum atomic E-state index is -5.34. The summed E-state index contributed by atoms with van der Waals surface area (Å²) in [5.41, 5.74) is -4.02. The lowest BCUT2D eigenvalue weighted by molar-refractivity contribution is -0.225. The lowest BCUT2D eigenvalue weighted by Crippen LogP contribution is -2.45. The van der Waals surface area contributed by atoms with Gasteiger partial charge in [-0.1, -0.05) is 11.8 Å². The average molecular weight is 662 g/mol. The molecule has 2 aromatic heterocycles. The van der Waals surface area contributed by atoms with E-state index in [9.17, 15) is 40.3 Å². The lowest BCUT2D eigenvalue weighted by atomic mass is 10.0. The number of ether oxygens (including phenoxy) is 1. The number of fused-ring (bicyclic) bond motifs is 1. The number of carbonyl (C=O) groups is 2. The van der Waals surface area contributed by atoms with Gasteiger partial charge in [-0.3, -0.25) is 4.79 Å². The summed E-state index contributed by atoms with van der Waals surface area (Å²) in [4.78, 5) is 28.0. The van der Waals surface area contributed by atoms with Gasteiger partial charge in [-0.2, -0.15) is 31.4 Å². The van der Waals surface area contributed by atoms with E-state index in [0.29, 0.717) is 24.2 Å². The van der Waals surface area contributed by atoms with Crippen LogP contribution < -0.4 is 20.7 Å². The lowest BCUT2D eigenvalue weighted by Gasteiger charge is -2.28. The molecule has 0 unspecified atom stereocenters. The summed E-state index contributed by atoms with van der Waals surface area (Å²) in [5, 5.41) is 8.72. The molecule has 1 fully saturated rings. The quantitative estimate of drug-likeness (QED) is 0.137. The number of aromatic nitrogens is 1. The fraction of sp³-hybridized carbons (Fsp3) is 0.357. The summed E-state index contributed by atoms with van der Waals surface area (Å²) >= 11 is -0.366. The number of rotatable bonds is 7. The van der Waals surface area contributed by atoms with Crippen molar-refractivity contribution in [2.24, 2.45) is 0 Å². The smallest absolute Gasteiger partial charge is 0.493 e. The van der Waals surface area contributed by atoms with Crippen LogP contribution in [0.2, 0.25) is 0 Å². The van der Waals surface area contributed by atoms with Crippen molar-refractivity contribution in [2.45, 2.75) is 35.3 Å². The molecule has 17 heteroatoms. The molecule has 1 saturated heterocycles. The Kier molecular flexibility index (Phi) is 10.3. The number of carbonyl (C=O) groups excluding carboxylic acids is 2. The monoisotopic (exact) mass is 661 g/mol. The summed E-state index contributed by atoms with van der Waals surface area (Å²) < 4.78 is 99.3. The molecule has 1 amide bonds. The number of methoxy groups -OCH3 is 1. The minimum Gasteiger partial charge on any atom is -0.497 e. The first-order valence-corrected chi connectivity index (χ1v) is 14.0. The molecule has 1 aliphatic rings. The molecule has 9 nitrogen and oxygen atoms in total. The number of nitrogens with zero attached hydrogens (tertiary/aromatic N) is 2. The van der Waals surface area contributed by atoms with Gasteiger partial charge in [0.15, 0.2) is 0 Å². The van der Waals surface area contributed by atoms with Gasteiger partial charge in [0, 0.05) is 37.6 Å². The van der Waals surface area contributed by atoms with Gasteiger partial charge in [-0.25, -0.2) is 9.18 Å². The first-order valence-electron chi connectivity index (χ1n) is 13.2. The third kappa shape index (κ3) is 8.45. The average Bonchev–Trinajstić information content (AvgIpc) is 3.31. The second-order valence-corrected chi connectivity index (χ2v) is 10.6. The molecule has 1 aliphatic heterocycles. The summed E-state index contributed by atoms with van der Waals surface area (Å²) in [5.74, 6) is 1.92. The predicted molar refractivity (Wildman–Crippen MR) is 152 cm³/mol. The van der Waals surface area contributed by atoms with E-state index in [0.717, 1.165) is 7.05 Å². The Bertz CT molecular complexity index is 1620. The minimum absolute atomic E-state index is 0.0243. The van der Waals surface area contributed by atoms with Gasteiger partial charge < -0.3 is 29.9 Å². The fourth-order valence-corrected chi connectivity index (χ4v) is 5.13. The van der Waals surface area contributed by atoms with Crippen molar-refractivity contribution in [3.63, 3.8) is 0 Å². The van der Waals surface area contributed by atoms with Crippen LogP contribution in [0, 0.1) is 11.8 Å². The van der Waals surface area contributed by atoms with E-state index in [1.807, 2.05) is 0 Å². The molecule has 0 radical (unpaired) electrons. The number of nitrogens with one attached hydrogen (secondary N) is 3. The summed E-state index contributed by atoms with van der Waals surface area (Å²) in [6.45, 7) is 0.499. The Hall–Kier alpha value is -4.30. The molecule has 45 heavy (non-hydrogen) atoms. The van der Waals surface area contributed by atoms with Gasteiger partial charge in [0.1, 0.15) is 16.9 Å². The normalized spacial score (nSPS) is 16.8. The number of halogens is 7. The maximum absolute atomic E-state index is 14.4. The zero-order chi connectivity index (χ0) is 32.9. The topological polar surface area (TPSA) is 96.3 Å². The highest BCUT2D eigenvalue weighted by atomic mass is 32.2. The third-order valence-electron chi connectivity index (χ3n) is 6.51. The van der Waals surface area contributed by atoms with Crippen LogP contribution in [0.1, 0.15) is 22.3 Å². The van der Waals surface area contributed by atoms with Gasteiger partial charge in [0.2, 0.25) is 0 Å². The van der Waals surface area contributed by atoms with Crippen LogP contribution in [0.15, 0.2) is 47.6 Å². The molecule has 1 aromatic carbocycles. The highest BCUT2D eigenvalue weighted by molar-refractivity contribution is 8.00. The number of hydrogen-bond acceptors (Lipinski definition) is 8. The molecule has 242 valence electrons. The molecule has 0 bridgehead atoms. The molecule has 0 aliphatic carbocycles. The van der Waals surface area contributed by atoms with E-state index in [1.165, 1.54) is 48.0 Å². The molecule has 2 atom stereocenters. The zero-order valence-electron chi connectivity index (χ0n) is 23.6. The third-order valence-corrected chi connectivity index (χ3v) is 7.35. The molecule has 3 heterocycles. The van der Waals surface area contributed by atoms with Gasteiger partial charge in [0.25, 0.3) is 5.91 Å². The summed E-state index contributed by atoms with van der Waals surface area (Å²) in [6.07, 6.45) is -4.63. The van der Waals surface area contributed by atoms with E-state index in [-0.39, 0.29) is 57.5 Å². The second-order valence-electron chi connectivity index (χ2n) is 9.59. The molecule has 0 spiro atoms. The van der Waals surface area contributed by atoms with Crippen LogP contribution in [-0.2, 0) is 9.63 Å². The van der Waals surface area contributed by atoms with Crippen LogP contribution in [0.25, 0.3) is 5.52 Å². The number of alkyl halides is 7. The first kappa shape index (κ1) is 33.6. The van der Waals surface area contributed by atoms with Gasteiger partial charge in [-0.15, -0.1) is 0 Å². The number of hydroxylamine groups is 2. The SMILES string of the molecule is COc1ccc(C(=O)N(C)OC(=O)C(F)(F)F)c(NCC#Cc2cc3c(N[C@@H]4CCNC[C@@H]4F)cccn3c2SC(F)(F)F)c1. The van der Waals surface area contributed by atoms with Crippen LogP contribution in [-0.4, -0.2) is 79.0 Å². The largest absolute Gasteiger partial charge is 0.497 e. The number of pyridine rings is 1. The Morgan fingerprint density at radius 2 is 1.91 bits per heavy atom. The molecular weight excluding hydrogens is 635 g/mol. The Labute approximate surface area is 256 Å². The molecule has 0 saturated carbocycles. The highest BCUT2D eigenvalue weighted by Gasteiger charge is 2.43. The maximum atomic E-state index is 14.4. The molecule has 3 aromatic rings. The van der Waals surface area contributed by atoms with Crippen LogP contribution in [0.3, 0.4) is 0 Å². The van der Waals surface area contributed by atoms with Crippen molar-refractivity contribution in [3.8, 4) is 17.6 Å². The van der Waals surface area contributed by atoms with Crippen molar-refractivity contribution in [3.05, 3.63) is 53.7 Å². The van der Waals surface area contributed by atoms with Gasteiger partial charge in [0.05, 0.1) is 47.7 Å². The standard InChI is InChI=1S/C28H26F7N5O4S/c1-39(44-26(42)27(30,31)32)24(41)18-8-7-17(43-2)14-22(18)37-10-3-5-16-13-23-21(38-20-9-11-36-15-19(20)29)6-4-12-40(23)25(16)45-28(33,34)35/h4,6-8,12-14,19-20,36-38H,9-11,15H2,1-2H3/t19-,20+/m0/s1. The van der Waals surface area contributed by atoms with Crippen LogP contribution >= 0.6 is 11.8 Å². The number of piperidine rings is 1. The maximum Gasteiger partial charge on any atom is 0.493 e. The molecule has 4 rings (SSSR count). The Morgan fingerprint density at radius 3 is 2.58 bits per heavy atom. The Balaban J connectivity index is 1.60.